The number of nitrogens with zero attached hydrogens (tertiary/aromatic N) is 4. The molecule has 0 saturated carbocycles. The number of hydrogen-bond acceptors (Lipinski definition) is 12. The van der Waals surface area contributed by atoms with Gasteiger partial charge in [-0.15, -0.1) is 0 Å². The number of aliphatic hydroxyl groups is 5. The van der Waals surface area contributed by atoms with Crippen LogP contribution in [0.2, 0.25) is 0 Å². The Bertz CT molecular complexity index is 1340. The molecule has 272 valence electrons. The first-order valence-corrected chi connectivity index (χ1v) is 16.5. The Hall–Kier alpha value is -3.54. The van der Waals surface area contributed by atoms with E-state index in [1.165, 1.54) is 4.90 Å². The second-order valence-electron chi connectivity index (χ2n) is 12.7. The van der Waals surface area contributed by atoms with E-state index in [9.17, 15) is 38.8 Å². The molecule has 1 aromatic carbocycles. The lowest BCUT2D eigenvalue weighted by molar-refractivity contribution is -0.131. The van der Waals surface area contributed by atoms with Crippen LogP contribution in [0.4, 0.5) is 14.7 Å². The van der Waals surface area contributed by atoms with Crippen molar-refractivity contribution in [3.05, 3.63) is 47.3 Å². The number of piperidine rings is 1. The third-order valence-electron chi connectivity index (χ3n) is 9.09. The topological polar surface area (TPSA) is 198 Å². The predicted molar refractivity (Wildman–Crippen MR) is 171 cm³/mol. The van der Waals surface area contributed by atoms with Gasteiger partial charge in [0, 0.05) is 75.5 Å². The number of anilines is 1. The van der Waals surface area contributed by atoms with Crippen LogP contribution in [0.1, 0.15) is 43.2 Å². The summed E-state index contributed by atoms with van der Waals surface area (Å²) in [5.41, 5.74) is 0.525. The highest BCUT2D eigenvalue weighted by Gasteiger charge is 2.34. The number of benzene rings is 1. The Kier molecular flexibility index (Phi) is 14.4. The van der Waals surface area contributed by atoms with Gasteiger partial charge in [-0.05, 0) is 38.0 Å². The molecule has 4 unspecified atom stereocenters. The molecule has 0 aliphatic carbocycles. The minimum absolute atomic E-state index is 0.00558. The Morgan fingerprint density at radius 1 is 1.00 bits per heavy atom. The number of carbonyl (C=O) groups excluding carboxylic acids is 2. The van der Waals surface area contributed by atoms with Gasteiger partial charge in [0.15, 0.2) is 0 Å². The van der Waals surface area contributed by atoms with Gasteiger partial charge in [-0.25, -0.2) is 18.7 Å². The van der Waals surface area contributed by atoms with Crippen molar-refractivity contribution in [2.45, 2.75) is 69.5 Å². The summed E-state index contributed by atoms with van der Waals surface area (Å²) in [6, 6.07) is 2.14. The zero-order chi connectivity index (χ0) is 35.5. The number of methoxy groups -OCH3 is 1. The lowest BCUT2D eigenvalue weighted by Crippen LogP contribution is -2.50. The molecule has 4 rings (SSSR count). The lowest BCUT2D eigenvalue weighted by atomic mass is 9.92. The quantitative estimate of drug-likeness (QED) is 0.121. The summed E-state index contributed by atoms with van der Waals surface area (Å²) in [6.07, 6.45) is -0.0934. The van der Waals surface area contributed by atoms with E-state index in [2.05, 4.69) is 20.2 Å². The van der Waals surface area contributed by atoms with E-state index < -0.39 is 78.9 Å². The first-order valence-electron chi connectivity index (χ1n) is 16.5. The average Bonchev–Trinajstić information content (AvgIpc) is 3.61. The van der Waals surface area contributed by atoms with Gasteiger partial charge < -0.3 is 50.1 Å². The van der Waals surface area contributed by atoms with Crippen molar-refractivity contribution in [3.8, 4) is 5.75 Å². The van der Waals surface area contributed by atoms with Crippen molar-refractivity contribution >= 4 is 17.8 Å². The van der Waals surface area contributed by atoms with E-state index in [1.807, 2.05) is 0 Å². The smallest absolute Gasteiger partial charge is 0.227 e. The van der Waals surface area contributed by atoms with Gasteiger partial charge in [-0.3, -0.25) is 9.59 Å². The summed E-state index contributed by atoms with van der Waals surface area (Å²) in [7, 11) is 1.63. The fourth-order valence-electron chi connectivity index (χ4n) is 6.07. The van der Waals surface area contributed by atoms with E-state index in [1.54, 1.807) is 19.5 Å². The third-order valence-corrected chi connectivity index (χ3v) is 9.09. The number of likely N-dealkylation sites (tertiary alicyclic amines) is 1. The van der Waals surface area contributed by atoms with Crippen LogP contribution in [0.25, 0.3) is 0 Å². The first kappa shape index (κ1) is 38.3. The zero-order valence-electron chi connectivity index (χ0n) is 27.6. The average molecular weight is 696 g/mol. The molecule has 0 bridgehead atoms. The molecule has 1 aromatic heterocycles. The molecule has 2 aliphatic rings. The summed E-state index contributed by atoms with van der Waals surface area (Å²) in [5.74, 6) is -2.30. The molecule has 16 heteroatoms. The monoisotopic (exact) mass is 695 g/mol. The van der Waals surface area contributed by atoms with Gasteiger partial charge in [0.25, 0.3) is 0 Å². The fourth-order valence-corrected chi connectivity index (χ4v) is 6.07. The molecular weight excluding hydrogens is 648 g/mol. The molecule has 0 spiro atoms. The number of aromatic nitrogens is 2. The molecule has 14 nitrogen and oxygen atoms in total. The highest BCUT2D eigenvalue weighted by molar-refractivity contribution is 5.83. The molecule has 2 amide bonds. The van der Waals surface area contributed by atoms with E-state index in [-0.39, 0.29) is 25.3 Å². The van der Waals surface area contributed by atoms with Crippen LogP contribution in [0.5, 0.6) is 5.75 Å². The Morgan fingerprint density at radius 3 is 2.29 bits per heavy atom. The van der Waals surface area contributed by atoms with Crippen LogP contribution in [-0.4, -0.2) is 130 Å². The molecular formula is C33H47F2N5O9. The fraction of sp³-hybridized carbons (Fsp3) is 0.636. The Morgan fingerprint density at radius 2 is 1.65 bits per heavy atom. The van der Waals surface area contributed by atoms with Crippen LogP contribution in [0.15, 0.2) is 24.5 Å². The van der Waals surface area contributed by atoms with Crippen molar-refractivity contribution < 1.29 is 53.4 Å². The number of rotatable bonds is 17. The van der Waals surface area contributed by atoms with Gasteiger partial charge in [0.05, 0.1) is 38.3 Å². The van der Waals surface area contributed by atoms with Crippen molar-refractivity contribution in [3.63, 3.8) is 0 Å². The number of carbonyl (C=O) groups is 2. The minimum Gasteiger partial charge on any atom is -0.493 e. The summed E-state index contributed by atoms with van der Waals surface area (Å²) < 4.78 is 40.5. The summed E-state index contributed by atoms with van der Waals surface area (Å²) in [6.45, 7) is 1.34. The lowest BCUT2D eigenvalue weighted by Gasteiger charge is -2.32. The zero-order valence-corrected chi connectivity index (χ0v) is 27.6. The maximum atomic E-state index is 14.9. The van der Waals surface area contributed by atoms with Gasteiger partial charge in [0.2, 0.25) is 17.8 Å². The van der Waals surface area contributed by atoms with Crippen LogP contribution >= 0.6 is 0 Å². The predicted octanol–water partition coefficient (Wildman–Crippen LogP) is -0.0801. The van der Waals surface area contributed by atoms with E-state index >= 15 is 0 Å². The second-order valence-corrected chi connectivity index (χ2v) is 12.7. The molecule has 5 atom stereocenters. The SMILES string of the molecule is COCc1cnc(N2CCC(CCCOc3cc(F)c(CC(=O)N4CC[C@H](C(=O)NCC(O)C(O)C(O)C(O)CO)C4)c(F)c3)CC2)nc1. The number of halogens is 2. The molecule has 2 aromatic rings. The van der Waals surface area contributed by atoms with Crippen LogP contribution < -0.4 is 15.0 Å². The summed E-state index contributed by atoms with van der Waals surface area (Å²) >= 11 is 0. The largest absolute Gasteiger partial charge is 0.493 e. The van der Waals surface area contributed by atoms with Gasteiger partial charge in [0.1, 0.15) is 35.7 Å². The van der Waals surface area contributed by atoms with Crippen molar-refractivity contribution in [1.82, 2.24) is 20.2 Å². The maximum Gasteiger partial charge on any atom is 0.227 e. The molecule has 49 heavy (non-hydrogen) atoms. The minimum atomic E-state index is -1.83. The summed E-state index contributed by atoms with van der Waals surface area (Å²) in [5, 5.41) is 50.3. The Labute approximate surface area is 283 Å². The molecule has 0 radical (unpaired) electrons. The molecule has 6 N–H and O–H groups in total. The number of ether oxygens (including phenoxy) is 2. The van der Waals surface area contributed by atoms with Crippen molar-refractivity contribution in [1.29, 1.82) is 0 Å². The van der Waals surface area contributed by atoms with E-state index in [4.69, 9.17) is 14.6 Å². The molecule has 3 heterocycles. The first-order chi connectivity index (χ1) is 23.5. The molecule has 2 saturated heterocycles. The summed E-state index contributed by atoms with van der Waals surface area (Å²) in [4.78, 5) is 37.8. The number of nitrogens with one attached hydrogen (secondary N) is 1. The standard InChI is InChI=1S/C33H47F2N5O9/c1-48-19-21-14-37-33(38-15-21)39-7-4-20(5-8-39)3-2-10-49-23-11-25(34)24(26(35)12-23)13-29(44)40-9-6-22(17-40)32(47)36-16-27(42)30(45)31(46)28(43)18-41/h11-12,14-15,20,22,27-28,30-31,41-43,45-46H,2-10,13,16-19H2,1H3,(H,36,47)/t22-,27?,28?,30?,31?/m0/s1. The Balaban J connectivity index is 1.16. The normalized spacial score (nSPS) is 19.4. The second kappa shape index (κ2) is 18.5. The third kappa shape index (κ3) is 10.7. The maximum absolute atomic E-state index is 14.9. The van der Waals surface area contributed by atoms with Gasteiger partial charge in [-0.1, -0.05) is 0 Å². The van der Waals surface area contributed by atoms with Gasteiger partial charge in [-0.2, -0.15) is 0 Å². The van der Waals surface area contributed by atoms with Crippen LogP contribution in [0.3, 0.4) is 0 Å². The number of amides is 2. The van der Waals surface area contributed by atoms with Crippen molar-refractivity contribution in [2.24, 2.45) is 11.8 Å². The van der Waals surface area contributed by atoms with Crippen molar-refractivity contribution in [2.75, 3.05) is 57.9 Å². The van der Waals surface area contributed by atoms with Gasteiger partial charge >= 0.3 is 0 Å². The van der Waals surface area contributed by atoms with E-state index in [0.717, 1.165) is 50.0 Å². The highest BCUT2D eigenvalue weighted by Crippen LogP contribution is 2.26. The number of hydrogen-bond donors (Lipinski definition) is 6. The molecule has 2 fully saturated rings. The van der Waals surface area contributed by atoms with Crippen LogP contribution in [-0.2, 0) is 27.4 Å². The van der Waals surface area contributed by atoms with Crippen LogP contribution in [0, 0.1) is 23.5 Å². The number of aliphatic hydroxyl groups excluding tert-OH is 5. The highest BCUT2D eigenvalue weighted by atomic mass is 19.1. The molecule has 2 aliphatic heterocycles. The van der Waals surface area contributed by atoms with E-state index in [0.29, 0.717) is 31.5 Å².